The van der Waals surface area contributed by atoms with E-state index in [4.69, 9.17) is 4.98 Å². The van der Waals surface area contributed by atoms with Crippen molar-refractivity contribution in [3.05, 3.63) is 81.5 Å². The van der Waals surface area contributed by atoms with Crippen LogP contribution in [0.5, 0.6) is 0 Å². The molecule has 0 saturated carbocycles. The van der Waals surface area contributed by atoms with Crippen molar-refractivity contribution in [3.8, 4) is 22.3 Å². The van der Waals surface area contributed by atoms with Crippen LogP contribution >= 0.6 is 0 Å². The first-order valence-electron chi connectivity index (χ1n) is 14.3. The SMILES string of the molecule is CNc1cc(F)c(F)c2c1Cc1ncc(-c3ccc4ccc(C(=O)NS(C)(=O)=O)c(=O)n4c3)c(N3CC[C@H]4CN(C)C[C@H]43)c1-2. The van der Waals surface area contributed by atoms with Crippen molar-refractivity contribution in [1.29, 1.82) is 0 Å². The van der Waals surface area contributed by atoms with E-state index in [9.17, 15) is 22.4 Å². The lowest BCUT2D eigenvalue weighted by Gasteiger charge is -2.31. The molecule has 0 radical (unpaired) electrons. The van der Waals surface area contributed by atoms with E-state index in [0.717, 1.165) is 38.0 Å². The van der Waals surface area contributed by atoms with E-state index in [1.54, 1.807) is 31.6 Å². The molecule has 5 heterocycles. The summed E-state index contributed by atoms with van der Waals surface area (Å²) in [6.45, 7) is 2.48. The van der Waals surface area contributed by atoms with Crippen molar-refractivity contribution in [2.24, 2.45) is 5.92 Å². The Kier molecular flexibility index (Phi) is 6.52. The summed E-state index contributed by atoms with van der Waals surface area (Å²) in [5, 5.41) is 3.00. The molecule has 2 saturated heterocycles. The van der Waals surface area contributed by atoms with Gasteiger partial charge in [0.15, 0.2) is 11.6 Å². The number of likely N-dealkylation sites (N-methyl/N-ethyl adjacent to an activating group) is 1. The van der Waals surface area contributed by atoms with Gasteiger partial charge in [-0.05, 0) is 43.1 Å². The predicted molar refractivity (Wildman–Crippen MR) is 164 cm³/mol. The second kappa shape index (κ2) is 10.1. The quantitative estimate of drug-likeness (QED) is 0.308. The van der Waals surface area contributed by atoms with E-state index >= 15 is 4.39 Å². The molecule has 1 aliphatic carbocycles. The second-order valence-electron chi connectivity index (χ2n) is 11.8. The number of nitrogens with zero attached hydrogens (tertiary/aromatic N) is 4. The van der Waals surface area contributed by atoms with Crippen molar-refractivity contribution in [2.75, 3.05) is 50.2 Å². The Morgan fingerprint density at radius 1 is 1.11 bits per heavy atom. The Bertz CT molecular complexity index is 2060. The first kappa shape index (κ1) is 28.4. The third-order valence-electron chi connectivity index (χ3n) is 9.02. The lowest BCUT2D eigenvalue weighted by molar-refractivity contribution is 0.0980. The molecule has 7 rings (SSSR count). The fourth-order valence-electron chi connectivity index (χ4n) is 7.14. The topological polar surface area (TPSA) is 116 Å². The van der Waals surface area contributed by atoms with Gasteiger partial charge in [0.25, 0.3) is 11.5 Å². The van der Waals surface area contributed by atoms with Gasteiger partial charge < -0.3 is 15.1 Å². The maximum atomic E-state index is 15.7. The molecule has 0 bridgehead atoms. The number of likely N-dealkylation sites (tertiary alicyclic amines) is 1. The molecule has 3 aliphatic rings. The zero-order valence-corrected chi connectivity index (χ0v) is 25.1. The van der Waals surface area contributed by atoms with Gasteiger partial charge in [-0.2, -0.15) is 0 Å². The smallest absolute Gasteiger partial charge is 0.270 e. The number of aromatic nitrogens is 2. The highest BCUT2D eigenvalue weighted by Crippen LogP contribution is 2.52. The summed E-state index contributed by atoms with van der Waals surface area (Å²) >= 11 is 0. The Labute approximate surface area is 252 Å². The highest BCUT2D eigenvalue weighted by molar-refractivity contribution is 7.89. The van der Waals surface area contributed by atoms with Crippen molar-refractivity contribution in [2.45, 2.75) is 18.9 Å². The number of carbonyl (C=O) groups is 1. The van der Waals surface area contributed by atoms with Crippen LogP contribution < -0.4 is 20.5 Å². The zero-order valence-electron chi connectivity index (χ0n) is 24.3. The average Bonchev–Trinajstić information content (AvgIpc) is 3.66. The average molecular weight is 621 g/mol. The molecule has 1 aromatic carbocycles. The number of anilines is 2. The lowest BCUT2D eigenvalue weighted by atomic mass is 9.96. The summed E-state index contributed by atoms with van der Waals surface area (Å²) in [6.07, 6.45) is 5.41. The fourth-order valence-corrected chi connectivity index (χ4v) is 7.59. The molecule has 228 valence electrons. The van der Waals surface area contributed by atoms with E-state index in [1.807, 2.05) is 10.8 Å². The van der Waals surface area contributed by atoms with Crippen molar-refractivity contribution in [1.82, 2.24) is 19.0 Å². The first-order chi connectivity index (χ1) is 20.9. The molecule has 0 unspecified atom stereocenters. The minimum Gasteiger partial charge on any atom is -0.388 e. The van der Waals surface area contributed by atoms with Crippen LogP contribution in [-0.4, -0.2) is 74.6 Å². The minimum atomic E-state index is -3.89. The summed E-state index contributed by atoms with van der Waals surface area (Å²) in [7, 11) is -0.140. The maximum absolute atomic E-state index is 15.7. The van der Waals surface area contributed by atoms with Gasteiger partial charge >= 0.3 is 0 Å². The molecule has 1 amide bonds. The summed E-state index contributed by atoms with van der Waals surface area (Å²) < 4.78 is 57.1. The molecule has 44 heavy (non-hydrogen) atoms. The molecule has 2 aliphatic heterocycles. The molecule has 2 N–H and O–H groups in total. The maximum Gasteiger partial charge on any atom is 0.270 e. The Balaban J connectivity index is 1.46. The number of carbonyl (C=O) groups excluding carboxylic acids is 1. The van der Waals surface area contributed by atoms with Crippen LogP contribution in [0.15, 0.2) is 47.5 Å². The normalized spacial score (nSPS) is 19.2. The molecule has 4 aromatic rings. The summed E-state index contributed by atoms with van der Waals surface area (Å²) in [5.74, 6) is -2.49. The van der Waals surface area contributed by atoms with Crippen LogP contribution in [0.2, 0.25) is 0 Å². The van der Waals surface area contributed by atoms with Crippen molar-refractivity contribution >= 4 is 32.8 Å². The van der Waals surface area contributed by atoms with E-state index in [1.165, 1.54) is 16.5 Å². The molecule has 0 spiro atoms. The number of fused-ring (bicyclic) bond motifs is 5. The first-order valence-corrected chi connectivity index (χ1v) is 16.2. The predicted octanol–water partition coefficient (Wildman–Crippen LogP) is 3.08. The van der Waals surface area contributed by atoms with Crippen LogP contribution in [0.25, 0.3) is 27.8 Å². The molecular weight excluding hydrogens is 590 g/mol. The van der Waals surface area contributed by atoms with E-state index in [-0.39, 0.29) is 17.2 Å². The number of hydrogen-bond acceptors (Lipinski definition) is 8. The standard InChI is InChI=1S/C31H30F2N6O4S/c1-34-23-11-22(32)28(33)26-20(23)10-24-27(26)29(38-9-8-17-13-37(2)15-25(17)38)21(12-35-24)16-4-5-18-6-7-19(31(41)39(18)14-16)30(40)36-44(3,42)43/h4-7,11-12,14,17,25,34H,8-10,13,15H2,1-3H3,(H,36,40)/t17-,25+/m0/s1. The highest BCUT2D eigenvalue weighted by atomic mass is 32.2. The molecule has 2 atom stereocenters. The van der Waals surface area contributed by atoms with Crippen molar-refractivity contribution in [3.63, 3.8) is 0 Å². The number of amides is 1. The number of sulfonamides is 1. The number of pyridine rings is 3. The molecule has 2 fully saturated rings. The van der Waals surface area contributed by atoms with Crippen molar-refractivity contribution < 1.29 is 22.0 Å². The van der Waals surface area contributed by atoms with Gasteiger partial charge in [-0.3, -0.25) is 19.0 Å². The number of rotatable bonds is 5. The van der Waals surface area contributed by atoms with E-state index in [0.29, 0.717) is 51.5 Å². The largest absolute Gasteiger partial charge is 0.388 e. The molecular formula is C31H30F2N6O4S. The number of benzene rings is 1. The molecule has 13 heteroatoms. The highest BCUT2D eigenvalue weighted by Gasteiger charge is 2.43. The Morgan fingerprint density at radius 3 is 2.64 bits per heavy atom. The third-order valence-corrected chi connectivity index (χ3v) is 9.58. The van der Waals surface area contributed by atoms with Gasteiger partial charge in [0, 0.05) is 91.1 Å². The number of nitrogens with one attached hydrogen (secondary N) is 2. The zero-order chi connectivity index (χ0) is 31.1. The van der Waals surface area contributed by atoms with Gasteiger partial charge in [0.05, 0.1) is 17.6 Å². The van der Waals surface area contributed by atoms with Gasteiger partial charge in [0.1, 0.15) is 5.56 Å². The van der Waals surface area contributed by atoms with Crippen LogP contribution in [0.4, 0.5) is 20.2 Å². The molecule has 10 nitrogen and oxygen atoms in total. The molecule has 3 aromatic heterocycles. The van der Waals surface area contributed by atoms with Crippen LogP contribution in [0.3, 0.4) is 0 Å². The summed E-state index contributed by atoms with van der Waals surface area (Å²) in [5.41, 5.74) is 3.95. The minimum absolute atomic E-state index is 0.157. The van der Waals surface area contributed by atoms with E-state index in [2.05, 4.69) is 22.2 Å². The van der Waals surface area contributed by atoms with E-state index < -0.39 is 33.1 Å². The van der Waals surface area contributed by atoms with Gasteiger partial charge in [-0.15, -0.1) is 0 Å². The van der Waals surface area contributed by atoms with Gasteiger partial charge in [-0.25, -0.2) is 21.9 Å². The van der Waals surface area contributed by atoms with Crippen LogP contribution in [0.1, 0.15) is 28.0 Å². The third kappa shape index (κ3) is 4.44. The summed E-state index contributed by atoms with van der Waals surface area (Å²) in [4.78, 5) is 35.3. The number of halogens is 2. The Morgan fingerprint density at radius 2 is 1.89 bits per heavy atom. The van der Waals surface area contributed by atoms with Gasteiger partial charge in [0.2, 0.25) is 10.0 Å². The van der Waals surface area contributed by atoms with Crippen LogP contribution in [-0.2, 0) is 16.4 Å². The number of hydrogen-bond donors (Lipinski definition) is 2. The van der Waals surface area contributed by atoms with Crippen LogP contribution in [0, 0.1) is 17.6 Å². The monoisotopic (exact) mass is 620 g/mol. The summed E-state index contributed by atoms with van der Waals surface area (Å²) in [6, 6.07) is 7.71. The van der Waals surface area contributed by atoms with Gasteiger partial charge in [-0.1, -0.05) is 6.07 Å². The fraction of sp³-hybridized carbons (Fsp3) is 0.323. The second-order valence-corrected chi connectivity index (χ2v) is 13.6. The lowest BCUT2D eigenvalue weighted by Crippen LogP contribution is -2.35. The Hall–Kier alpha value is -4.36.